The van der Waals surface area contributed by atoms with Crippen LogP contribution in [0.4, 0.5) is 0 Å². The summed E-state index contributed by atoms with van der Waals surface area (Å²) < 4.78 is 0. The highest BCUT2D eigenvalue weighted by Crippen LogP contribution is 2.42. The molecule has 0 bridgehead atoms. The Bertz CT molecular complexity index is 693. The van der Waals surface area contributed by atoms with Gasteiger partial charge in [-0.3, -0.25) is 0 Å². The summed E-state index contributed by atoms with van der Waals surface area (Å²) in [5.41, 5.74) is 3.64. The van der Waals surface area contributed by atoms with Crippen LogP contribution < -0.4 is 0 Å². The maximum Gasteiger partial charge on any atom is 0.0485 e. The molecule has 0 N–H and O–H groups in total. The van der Waals surface area contributed by atoms with Crippen LogP contribution in [-0.4, -0.2) is 5.37 Å². The molecule has 1 heteroatoms. The molecule has 118 valence electrons. The third kappa shape index (κ3) is 3.22. The summed E-state index contributed by atoms with van der Waals surface area (Å²) in [7, 11) is 0. The molecule has 3 rings (SSSR count). The van der Waals surface area contributed by atoms with Crippen molar-refractivity contribution in [3.8, 4) is 0 Å². The van der Waals surface area contributed by atoms with E-state index in [1.54, 1.807) is 5.37 Å². The minimum atomic E-state index is -0.224. The lowest BCUT2D eigenvalue weighted by atomic mass is 9.67. The Labute approximate surface area is 149 Å². The van der Waals surface area contributed by atoms with Gasteiger partial charge in [0.15, 0.2) is 0 Å². The molecule has 0 fully saturated rings. The molecule has 0 aliphatic heterocycles. The van der Waals surface area contributed by atoms with Gasteiger partial charge in [0.25, 0.3) is 0 Å². The quantitative estimate of drug-likeness (QED) is 0.305. The molecular formula is C23H20S. The average Bonchev–Trinajstić information content (AvgIpc) is 2.68. The lowest BCUT2D eigenvalue weighted by molar-refractivity contribution is 0.628. The van der Waals surface area contributed by atoms with Gasteiger partial charge in [-0.25, -0.2) is 0 Å². The van der Waals surface area contributed by atoms with Crippen molar-refractivity contribution >= 4 is 17.6 Å². The molecule has 0 saturated carbocycles. The Balaban J connectivity index is 2.28. The third-order valence-electron chi connectivity index (χ3n) is 4.44. The maximum atomic E-state index is 4.98. The van der Waals surface area contributed by atoms with Crippen molar-refractivity contribution in [2.75, 3.05) is 0 Å². The first-order valence-electron chi connectivity index (χ1n) is 8.15. The fourth-order valence-corrected chi connectivity index (χ4v) is 3.43. The summed E-state index contributed by atoms with van der Waals surface area (Å²) in [5.74, 6) is 0. The highest BCUT2D eigenvalue weighted by Gasteiger charge is 2.34. The predicted molar refractivity (Wildman–Crippen MR) is 107 cm³/mol. The zero-order valence-corrected chi connectivity index (χ0v) is 14.3. The summed E-state index contributed by atoms with van der Waals surface area (Å²) in [4.78, 5) is 0. The van der Waals surface area contributed by atoms with E-state index in [1.807, 2.05) is 6.08 Å². The molecule has 24 heavy (non-hydrogen) atoms. The zero-order chi connectivity index (χ0) is 16.7. The summed E-state index contributed by atoms with van der Waals surface area (Å²) in [6.45, 7) is 0. The van der Waals surface area contributed by atoms with Gasteiger partial charge in [0.2, 0.25) is 0 Å². The van der Waals surface area contributed by atoms with Crippen LogP contribution in [-0.2, 0) is 5.41 Å². The number of thiocarbonyl (C=S) groups is 1. The minimum absolute atomic E-state index is 0.224. The van der Waals surface area contributed by atoms with Gasteiger partial charge in [-0.2, -0.15) is 0 Å². The highest BCUT2D eigenvalue weighted by molar-refractivity contribution is 7.79. The van der Waals surface area contributed by atoms with Gasteiger partial charge in [0.1, 0.15) is 0 Å². The van der Waals surface area contributed by atoms with E-state index >= 15 is 0 Å². The first-order valence-corrected chi connectivity index (χ1v) is 8.62. The number of allylic oxidation sites excluding steroid dienone is 2. The van der Waals surface area contributed by atoms with Gasteiger partial charge in [-0.1, -0.05) is 115 Å². The van der Waals surface area contributed by atoms with Crippen LogP contribution in [0.25, 0.3) is 0 Å². The highest BCUT2D eigenvalue weighted by atomic mass is 32.1. The summed E-state index contributed by atoms with van der Waals surface area (Å²) >= 11 is 4.98. The Kier molecular flexibility index (Phi) is 5.35. The summed E-state index contributed by atoms with van der Waals surface area (Å²) in [6.07, 6.45) is 4.98. The van der Waals surface area contributed by atoms with Crippen LogP contribution in [0.3, 0.4) is 0 Å². The molecule has 3 aromatic carbocycles. The van der Waals surface area contributed by atoms with Gasteiger partial charge >= 0.3 is 0 Å². The summed E-state index contributed by atoms with van der Waals surface area (Å²) in [6, 6.07) is 32.1. The molecule has 3 aromatic rings. The normalized spacial score (nSPS) is 11.5. The SMILES string of the molecule is S=C/C=C/CC(c1ccccc1)(c1ccccc1)c1ccccc1. The fraction of sp³-hybridized carbons (Fsp3) is 0.0870. The molecule has 0 amide bonds. The smallest absolute Gasteiger partial charge is 0.0485 e. The van der Waals surface area contributed by atoms with Crippen molar-refractivity contribution in [2.24, 2.45) is 0 Å². The maximum absolute atomic E-state index is 4.98. The molecule has 0 spiro atoms. The second-order valence-electron chi connectivity index (χ2n) is 5.77. The number of hydrogen-bond donors (Lipinski definition) is 0. The van der Waals surface area contributed by atoms with Crippen LogP contribution in [0.2, 0.25) is 0 Å². The monoisotopic (exact) mass is 328 g/mol. The minimum Gasteiger partial charge on any atom is -0.0887 e. The standard InChI is InChI=1S/C23H20S/c24-19-11-10-18-23(20-12-4-1-5-13-20,21-14-6-2-7-15-21)22-16-8-3-9-17-22/h1-17,19H,18H2/b11-10+. The van der Waals surface area contributed by atoms with E-state index in [0.717, 1.165) is 6.42 Å². The molecule has 0 radical (unpaired) electrons. The van der Waals surface area contributed by atoms with Crippen LogP contribution in [0.15, 0.2) is 103 Å². The lowest BCUT2D eigenvalue weighted by Gasteiger charge is -2.35. The largest absolute Gasteiger partial charge is 0.0887 e. The van der Waals surface area contributed by atoms with E-state index in [9.17, 15) is 0 Å². The van der Waals surface area contributed by atoms with Crippen molar-refractivity contribution in [2.45, 2.75) is 11.8 Å². The first kappa shape index (κ1) is 16.4. The zero-order valence-electron chi connectivity index (χ0n) is 13.5. The predicted octanol–water partition coefficient (Wildman–Crippen LogP) is 5.97. The molecule has 0 aliphatic carbocycles. The third-order valence-corrected chi connectivity index (χ3v) is 4.60. The molecule has 0 saturated heterocycles. The van der Waals surface area contributed by atoms with E-state index < -0.39 is 0 Å². The first-order chi connectivity index (χ1) is 11.9. The van der Waals surface area contributed by atoms with Crippen molar-refractivity contribution in [3.05, 3.63) is 120 Å². The number of benzene rings is 3. The molecule has 0 aliphatic rings. The van der Waals surface area contributed by atoms with Gasteiger partial charge in [-0.15, -0.1) is 0 Å². The van der Waals surface area contributed by atoms with Gasteiger partial charge in [0.05, 0.1) is 0 Å². The van der Waals surface area contributed by atoms with Crippen molar-refractivity contribution in [1.82, 2.24) is 0 Å². The van der Waals surface area contributed by atoms with Crippen molar-refractivity contribution < 1.29 is 0 Å². The average molecular weight is 328 g/mol. The van der Waals surface area contributed by atoms with E-state index in [4.69, 9.17) is 12.2 Å². The second-order valence-corrected chi connectivity index (χ2v) is 6.04. The number of rotatable bonds is 6. The second kappa shape index (κ2) is 7.85. The molecule has 0 heterocycles. The van der Waals surface area contributed by atoms with Gasteiger partial charge in [0, 0.05) is 10.8 Å². The lowest BCUT2D eigenvalue weighted by Crippen LogP contribution is -2.28. The van der Waals surface area contributed by atoms with E-state index in [1.165, 1.54) is 16.7 Å². The molecule has 0 aromatic heterocycles. The van der Waals surface area contributed by atoms with Crippen molar-refractivity contribution in [3.63, 3.8) is 0 Å². The fourth-order valence-electron chi connectivity index (χ4n) is 3.32. The van der Waals surface area contributed by atoms with Crippen LogP contribution in [0.5, 0.6) is 0 Å². The Morgan fingerprint density at radius 1 is 0.625 bits per heavy atom. The molecular weight excluding hydrogens is 308 g/mol. The molecule has 0 atom stereocenters. The van der Waals surface area contributed by atoms with Crippen molar-refractivity contribution in [1.29, 1.82) is 0 Å². The Hall–Kier alpha value is -2.51. The number of hydrogen-bond acceptors (Lipinski definition) is 1. The van der Waals surface area contributed by atoms with Crippen LogP contribution in [0.1, 0.15) is 23.1 Å². The summed E-state index contributed by atoms with van der Waals surface area (Å²) in [5, 5.41) is 1.67. The van der Waals surface area contributed by atoms with Gasteiger partial charge < -0.3 is 0 Å². The van der Waals surface area contributed by atoms with Crippen LogP contribution in [0, 0.1) is 0 Å². The van der Waals surface area contributed by atoms with E-state index in [2.05, 4.69) is 97.1 Å². The molecule has 0 unspecified atom stereocenters. The Morgan fingerprint density at radius 3 is 1.33 bits per heavy atom. The van der Waals surface area contributed by atoms with E-state index in [-0.39, 0.29) is 5.41 Å². The van der Waals surface area contributed by atoms with Gasteiger partial charge in [-0.05, 0) is 23.1 Å². The molecule has 0 nitrogen and oxygen atoms in total. The topological polar surface area (TPSA) is 0 Å². The van der Waals surface area contributed by atoms with Crippen LogP contribution >= 0.6 is 12.2 Å². The Morgan fingerprint density at radius 2 is 1.00 bits per heavy atom. The van der Waals surface area contributed by atoms with E-state index in [0.29, 0.717) is 0 Å².